The fraction of sp³-hybridized carbons (Fsp3) is 0.423. The number of nitrogens with zero attached hydrogens (tertiary/aromatic N) is 8. The molecule has 2 aliphatic heterocycles. The lowest BCUT2D eigenvalue weighted by Gasteiger charge is -2.32. The Balaban J connectivity index is 0.726. The molecule has 2 saturated heterocycles. The van der Waals surface area contributed by atoms with Crippen molar-refractivity contribution in [2.24, 2.45) is 5.92 Å². The maximum atomic E-state index is 14.4. The Labute approximate surface area is 399 Å². The first-order valence-corrected chi connectivity index (χ1v) is 24.8. The Morgan fingerprint density at radius 2 is 1.63 bits per heavy atom. The number of aromatic hydroxyl groups is 1. The number of rotatable bonds is 12. The number of aliphatic hydroxyl groups excluding tert-OH is 1. The van der Waals surface area contributed by atoms with Crippen LogP contribution in [-0.4, -0.2) is 94.0 Å². The summed E-state index contributed by atoms with van der Waals surface area (Å²) in [5.74, 6) is 1.02. The highest BCUT2D eigenvalue weighted by Crippen LogP contribution is 2.42. The molecule has 4 N–H and O–H groups in total. The SMILES string of the molecule is Cc1ncsc1-c1ccc([C@H](C)NC(=O)[C@@H]2C[C@@H](O)CN2C(=O)[C@@H](c2cc([C@H]3CC[C@@H](c4cnc(N5CCC(c6c[nH]c7nnc(-c8ccccc8O)cc67)CC5)nc4)CC3)no2)C(C)C)cc1. The van der Waals surface area contributed by atoms with Crippen molar-refractivity contribution >= 4 is 40.1 Å². The van der Waals surface area contributed by atoms with E-state index in [1.165, 1.54) is 10.5 Å². The van der Waals surface area contributed by atoms with Gasteiger partial charge in [0, 0.05) is 67.6 Å². The third kappa shape index (κ3) is 9.10. The predicted octanol–water partition coefficient (Wildman–Crippen LogP) is 8.94. The molecule has 7 heterocycles. The van der Waals surface area contributed by atoms with Gasteiger partial charge in [-0.15, -0.1) is 21.5 Å². The number of carbonyl (C=O) groups excluding carboxylic acids is 2. The lowest BCUT2D eigenvalue weighted by atomic mass is 9.78. The van der Waals surface area contributed by atoms with Crippen molar-refractivity contribution in [2.45, 2.75) is 114 Å². The smallest absolute Gasteiger partial charge is 0.243 e. The van der Waals surface area contributed by atoms with Crippen LogP contribution in [0.4, 0.5) is 5.95 Å². The molecule has 2 amide bonds. The Hall–Kier alpha value is -6.52. The molecule has 0 spiro atoms. The number of nitrogens with one attached hydrogen (secondary N) is 2. The number of para-hydroxylation sites is 1. The van der Waals surface area contributed by atoms with Crippen molar-refractivity contribution in [1.29, 1.82) is 0 Å². The molecular weight excluding hydrogens is 877 g/mol. The number of benzene rings is 2. The Bertz CT molecular complexity index is 2880. The largest absolute Gasteiger partial charge is 0.507 e. The average Bonchev–Trinajstić information content (AvgIpc) is 4.19. The number of aromatic amines is 1. The number of H-pyrrole nitrogens is 1. The van der Waals surface area contributed by atoms with Crippen LogP contribution in [0.5, 0.6) is 5.75 Å². The summed E-state index contributed by atoms with van der Waals surface area (Å²) in [6.07, 6.45) is 11.1. The molecule has 1 aliphatic carbocycles. The maximum absolute atomic E-state index is 14.4. The van der Waals surface area contributed by atoms with Gasteiger partial charge in [0.2, 0.25) is 17.8 Å². The molecule has 16 heteroatoms. The molecular formula is C52H58N10O5S. The van der Waals surface area contributed by atoms with Crippen LogP contribution in [0.25, 0.3) is 32.7 Å². The monoisotopic (exact) mass is 934 g/mol. The van der Waals surface area contributed by atoms with E-state index in [0.717, 1.165) is 102 Å². The lowest BCUT2D eigenvalue weighted by molar-refractivity contribution is -0.141. The van der Waals surface area contributed by atoms with Crippen LogP contribution in [-0.2, 0) is 9.59 Å². The molecule has 15 nitrogen and oxygen atoms in total. The molecule has 3 fully saturated rings. The zero-order chi connectivity index (χ0) is 47.1. The minimum atomic E-state index is -0.805. The van der Waals surface area contributed by atoms with Gasteiger partial charge in [-0.25, -0.2) is 15.0 Å². The van der Waals surface area contributed by atoms with Gasteiger partial charge in [-0.3, -0.25) is 9.59 Å². The fourth-order valence-electron chi connectivity index (χ4n) is 10.7. The third-order valence-corrected chi connectivity index (χ3v) is 15.5. The third-order valence-electron chi connectivity index (χ3n) is 14.6. The number of piperidine rings is 1. The highest BCUT2D eigenvalue weighted by molar-refractivity contribution is 7.13. The number of β-amino-alcohol motifs (C(OH)–C–C–N with tert-alkyl or cyclic N) is 1. The summed E-state index contributed by atoms with van der Waals surface area (Å²) in [6.45, 7) is 9.64. The quantitative estimate of drug-likeness (QED) is 0.0909. The van der Waals surface area contributed by atoms with Gasteiger partial charge in [0.05, 0.1) is 39.6 Å². The van der Waals surface area contributed by atoms with Gasteiger partial charge in [-0.1, -0.05) is 55.4 Å². The van der Waals surface area contributed by atoms with Gasteiger partial charge in [0.15, 0.2) is 5.65 Å². The van der Waals surface area contributed by atoms with E-state index in [4.69, 9.17) is 14.5 Å². The number of fused-ring (bicyclic) bond motifs is 1. The molecule has 10 rings (SSSR count). The molecule has 352 valence electrons. The number of anilines is 1. The number of likely N-dealkylation sites (tertiary alicyclic amines) is 1. The summed E-state index contributed by atoms with van der Waals surface area (Å²) >= 11 is 1.60. The van der Waals surface area contributed by atoms with Crippen molar-refractivity contribution in [3.63, 3.8) is 0 Å². The zero-order valence-corrected chi connectivity index (χ0v) is 39.7. The average molecular weight is 935 g/mol. The molecule has 5 aromatic heterocycles. The molecule has 0 radical (unpaired) electrons. The van der Waals surface area contributed by atoms with E-state index < -0.39 is 18.1 Å². The van der Waals surface area contributed by atoms with Crippen LogP contribution in [0.1, 0.15) is 129 Å². The van der Waals surface area contributed by atoms with E-state index in [1.807, 2.05) is 100 Å². The molecule has 4 atom stereocenters. The first-order valence-electron chi connectivity index (χ1n) is 23.9. The second-order valence-corrected chi connectivity index (χ2v) is 20.1. The normalized spacial score (nSPS) is 21.1. The second kappa shape index (κ2) is 19.2. The number of aliphatic hydroxyl groups is 1. The van der Waals surface area contributed by atoms with Crippen molar-refractivity contribution in [3.05, 3.63) is 119 Å². The number of phenolic OH excluding ortho intramolecular Hbond substituents is 1. The van der Waals surface area contributed by atoms with Crippen molar-refractivity contribution < 1.29 is 24.3 Å². The topological polar surface area (TPSA) is 199 Å². The van der Waals surface area contributed by atoms with E-state index in [1.54, 1.807) is 23.5 Å². The number of hydrogen-bond donors (Lipinski definition) is 4. The minimum Gasteiger partial charge on any atom is -0.507 e. The van der Waals surface area contributed by atoms with E-state index in [0.29, 0.717) is 28.9 Å². The molecule has 68 heavy (non-hydrogen) atoms. The number of phenols is 1. The molecule has 7 aromatic rings. The van der Waals surface area contributed by atoms with Crippen LogP contribution in [0.2, 0.25) is 0 Å². The summed E-state index contributed by atoms with van der Waals surface area (Å²) in [4.78, 5) is 50.5. The van der Waals surface area contributed by atoms with E-state index in [9.17, 15) is 19.8 Å². The van der Waals surface area contributed by atoms with E-state index in [2.05, 4.69) is 35.5 Å². The number of hydrogen-bond acceptors (Lipinski definition) is 13. The van der Waals surface area contributed by atoms with Crippen LogP contribution < -0.4 is 10.2 Å². The number of thiazole rings is 1. The molecule has 2 aromatic carbocycles. The van der Waals surface area contributed by atoms with Gasteiger partial charge in [-0.05, 0) is 111 Å². The van der Waals surface area contributed by atoms with Crippen molar-refractivity contribution in [1.82, 2.24) is 45.5 Å². The van der Waals surface area contributed by atoms with Crippen LogP contribution in [0, 0.1) is 12.8 Å². The number of amides is 2. The minimum absolute atomic E-state index is 0.0815. The van der Waals surface area contributed by atoms with Gasteiger partial charge in [-0.2, -0.15) is 0 Å². The Kier molecular flexibility index (Phi) is 12.8. The van der Waals surface area contributed by atoms with E-state index >= 15 is 0 Å². The number of aromatic nitrogens is 7. The van der Waals surface area contributed by atoms with Crippen molar-refractivity contribution in [3.8, 4) is 27.4 Å². The fourth-order valence-corrected chi connectivity index (χ4v) is 11.5. The molecule has 1 saturated carbocycles. The molecule has 0 unspecified atom stereocenters. The van der Waals surface area contributed by atoms with Crippen molar-refractivity contribution in [2.75, 3.05) is 24.5 Å². The van der Waals surface area contributed by atoms with Crippen LogP contribution >= 0.6 is 11.3 Å². The summed E-state index contributed by atoms with van der Waals surface area (Å²) in [5.41, 5.74) is 10.1. The number of carbonyl (C=O) groups is 2. The first kappa shape index (κ1) is 45.3. The highest BCUT2D eigenvalue weighted by atomic mass is 32.1. The Morgan fingerprint density at radius 1 is 0.897 bits per heavy atom. The maximum Gasteiger partial charge on any atom is 0.243 e. The first-order chi connectivity index (χ1) is 33.0. The van der Waals surface area contributed by atoms with Gasteiger partial charge >= 0.3 is 0 Å². The highest BCUT2D eigenvalue weighted by Gasteiger charge is 2.44. The van der Waals surface area contributed by atoms with Gasteiger partial charge < -0.3 is 34.8 Å². The van der Waals surface area contributed by atoms with Gasteiger partial charge in [0.25, 0.3) is 0 Å². The molecule has 0 bridgehead atoms. The number of aryl methyl sites for hydroxylation is 1. The Morgan fingerprint density at radius 3 is 2.34 bits per heavy atom. The zero-order valence-electron chi connectivity index (χ0n) is 38.9. The standard InChI is InChI=1S/C52H58N10O5S/c1-29(2)47(51(66)62-27-38(63)21-44(62)50(65)57-30(3)32-9-15-36(16-10-32)48-31(4)56-28-68-48)46-23-42(60-67-46)35-13-11-33(12-14-35)37-24-54-52(55-25-37)61-19-17-34(18-20-61)41-26-53-49-40(41)22-43(58-59-49)39-7-5-6-8-45(39)64/h5-10,15-16,22-26,28-30,33-35,38,44,47,63-64H,11-14,17-21,27H2,1-4H3,(H,53,59)(H,57,65)/t30-,33-,35+,38+,44-,47+/m0/s1. The predicted molar refractivity (Wildman–Crippen MR) is 260 cm³/mol. The summed E-state index contributed by atoms with van der Waals surface area (Å²) in [7, 11) is 0. The summed E-state index contributed by atoms with van der Waals surface area (Å²) in [5, 5.41) is 38.6. The summed E-state index contributed by atoms with van der Waals surface area (Å²) < 4.78 is 5.96. The molecule has 3 aliphatic rings. The van der Waals surface area contributed by atoms with Gasteiger partial charge in [0.1, 0.15) is 23.5 Å². The van der Waals surface area contributed by atoms with Crippen LogP contribution in [0.3, 0.4) is 0 Å². The lowest BCUT2D eigenvalue weighted by Crippen LogP contribution is -2.48. The summed E-state index contributed by atoms with van der Waals surface area (Å²) in [6, 6.07) is 18.2. The second-order valence-electron chi connectivity index (χ2n) is 19.3. The van der Waals surface area contributed by atoms with E-state index in [-0.39, 0.29) is 48.4 Å². The van der Waals surface area contributed by atoms with Crippen LogP contribution in [0.15, 0.2) is 89.3 Å².